The summed E-state index contributed by atoms with van der Waals surface area (Å²) in [6.45, 7) is 3.52. The van der Waals surface area contributed by atoms with Crippen molar-refractivity contribution in [1.29, 1.82) is 0 Å². The van der Waals surface area contributed by atoms with Crippen LogP contribution in [0.4, 0.5) is 0 Å². The lowest BCUT2D eigenvalue weighted by atomic mass is 9.82. The molecule has 2 aromatic rings. The number of benzene rings is 2. The summed E-state index contributed by atoms with van der Waals surface area (Å²) in [5.74, 6) is 0.979. The normalized spacial score (nSPS) is 17.1. The van der Waals surface area contributed by atoms with E-state index in [0.29, 0.717) is 0 Å². The molecule has 1 fully saturated rings. The van der Waals surface area contributed by atoms with Gasteiger partial charge in [-0.25, -0.2) is 0 Å². The summed E-state index contributed by atoms with van der Waals surface area (Å²) in [7, 11) is 2.31. The van der Waals surface area contributed by atoms with Gasteiger partial charge in [0.05, 0.1) is 0 Å². The molecule has 1 aliphatic rings. The molecule has 1 nitrogen and oxygen atoms in total. The lowest BCUT2D eigenvalue weighted by molar-refractivity contribution is 0.110. The fraction of sp³-hybridized carbons (Fsp3) is 0.417. The van der Waals surface area contributed by atoms with E-state index >= 15 is 0 Å². The molecule has 0 amide bonds. The third-order valence-electron chi connectivity index (χ3n) is 5.76. The first kappa shape index (κ1) is 17.9. The van der Waals surface area contributed by atoms with E-state index in [1.807, 2.05) is 0 Å². The van der Waals surface area contributed by atoms with Crippen molar-refractivity contribution in [2.24, 2.45) is 5.92 Å². The van der Waals surface area contributed by atoms with Crippen molar-refractivity contribution in [3.63, 3.8) is 0 Å². The molecule has 0 aromatic heterocycles. The Hall–Kier alpha value is -1.86. The SMILES string of the molecule is CCC(CC=Cc1ccccc1)(c1ccccc1)N(C)CCC1CC1. The van der Waals surface area contributed by atoms with E-state index in [-0.39, 0.29) is 5.54 Å². The van der Waals surface area contributed by atoms with Crippen molar-refractivity contribution in [3.8, 4) is 0 Å². The van der Waals surface area contributed by atoms with Crippen LogP contribution in [0.1, 0.15) is 50.2 Å². The molecule has 0 spiro atoms. The predicted molar refractivity (Wildman–Crippen MR) is 108 cm³/mol. The van der Waals surface area contributed by atoms with Crippen LogP contribution < -0.4 is 0 Å². The Morgan fingerprint density at radius 3 is 2.24 bits per heavy atom. The van der Waals surface area contributed by atoms with Gasteiger partial charge in [0, 0.05) is 5.54 Å². The molecule has 1 aliphatic carbocycles. The highest BCUT2D eigenvalue weighted by molar-refractivity contribution is 5.49. The van der Waals surface area contributed by atoms with Gasteiger partial charge in [-0.3, -0.25) is 4.90 Å². The Kier molecular flexibility index (Phi) is 6.09. The highest BCUT2D eigenvalue weighted by Gasteiger charge is 2.34. The molecule has 0 saturated heterocycles. The van der Waals surface area contributed by atoms with Gasteiger partial charge in [-0.2, -0.15) is 0 Å². The van der Waals surface area contributed by atoms with Crippen LogP contribution in [0.2, 0.25) is 0 Å². The molecule has 1 unspecified atom stereocenters. The van der Waals surface area contributed by atoms with E-state index in [2.05, 4.69) is 91.7 Å². The molecule has 1 atom stereocenters. The first-order valence-electron chi connectivity index (χ1n) is 9.73. The van der Waals surface area contributed by atoms with Crippen LogP contribution in [-0.4, -0.2) is 18.5 Å². The monoisotopic (exact) mass is 333 g/mol. The van der Waals surface area contributed by atoms with Crippen LogP contribution in [0.3, 0.4) is 0 Å². The van der Waals surface area contributed by atoms with Gasteiger partial charge in [-0.05, 0) is 49.9 Å². The minimum atomic E-state index is 0.0848. The number of nitrogens with zero attached hydrogens (tertiary/aromatic N) is 1. The average Bonchev–Trinajstić information content (AvgIpc) is 3.50. The summed E-state index contributed by atoms with van der Waals surface area (Å²) in [4.78, 5) is 2.61. The molecule has 132 valence electrons. The number of hydrogen-bond donors (Lipinski definition) is 0. The third-order valence-corrected chi connectivity index (χ3v) is 5.76. The van der Waals surface area contributed by atoms with Crippen molar-refractivity contribution in [3.05, 3.63) is 77.9 Å². The summed E-state index contributed by atoms with van der Waals surface area (Å²) < 4.78 is 0. The zero-order chi connectivity index (χ0) is 17.5. The van der Waals surface area contributed by atoms with Gasteiger partial charge in [0.1, 0.15) is 0 Å². The van der Waals surface area contributed by atoms with E-state index in [1.54, 1.807) is 0 Å². The molecular weight excluding hydrogens is 302 g/mol. The zero-order valence-electron chi connectivity index (χ0n) is 15.7. The number of rotatable bonds is 9. The lowest BCUT2D eigenvalue weighted by Gasteiger charge is -2.42. The highest BCUT2D eigenvalue weighted by Crippen LogP contribution is 2.38. The Balaban J connectivity index is 1.80. The van der Waals surface area contributed by atoms with Crippen LogP contribution in [0, 0.1) is 5.92 Å². The average molecular weight is 334 g/mol. The largest absolute Gasteiger partial charge is 0.296 e. The van der Waals surface area contributed by atoms with E-state index in [0.717, 1.165) is 18.8 Å². The Bertz CT molecular complexity index is 657. The fourth-order valence-corrected chi connectivity index (χ4v) is 3.81. The van der Waals surface area contributed by atoms with Gasteiger partial charge in [-0.15, -0.1) is 0 Å². The molecule has 0 aliphatic heterocycles. The predicted octanol–water partition coefficient (Wildman–Crippen LogP) is 6.13. The van der Waals surface area contributed by atoms with Crippen molar-refractivity contribution < 1.29 is 0 Å². The standard InChI is InChI=1S/C24H31N/c1-3-24(23-14-8-5-9-15-23,25(2)20-18-22-16-17-22)19-10-13-21-11-6-4-7-12-21/h4-15,22H,3,16-20H2,1-2H3. The van der Waals surface area contributed by atoms with Gasteiger partial charge in [0.15, 0.2) is 0 Å². The summed E-state index contributed by atoms with van der Waals surface area (Å²) in [5, 5.41) is 0. The molecule has 2 aromatic carbocycles. The van der Waals surface area contributed by atoms with Crippen LogP contribution in [-0.2, 0) is 5.54 Å². The van der Waals surface area contributed by atoms with Crippen molar-refractivity contribution >= 4 is 6.08 Å². The molecular formula is C24H31N. The second-order valence-corrected chi connectivity index (χ2v) is 7.42. The van der Waals surface area contributed by atoms with Crippen molar-refractivity contribution in [2.75, 3.05) is 13.6 Å². The Morgan fingerprint density at radius 1 is 1.00 bits per heavy atom. The van der Waals surface area contributed by atoms with Gasteiger partial charge >= 0.3 is 0 Å². The maximum absolute atomic E-state index is 2.61. The van der Waals surface area contributed by atoms with E-state index in [4.69, 9.17) is 0 Å². The number of hydrogen-bond acceptors (Lipinski definition) is 1. The van der Waals surface area contributed by atoms with E-state index in [9.17, 15) is 0 Å². The van der Waals surface area contributed by atoms with Gasteiger partial charge < -0.3 is 0 Å². The Labute approximate surface area is 153 Å². The van der Waals surface area contributed by atoms with Gasteiger partial charge in [0.25, 0.3) is 0 Å². The molecule has 0 bridgehead atoms. The first-order valence-corrected chi connectivity index (χ1v) is 9.73. The lowest BCUT2D eigenvalue weighted by Crippen LogP contribution is -2.43. The van der Waals surface area contributed by atoms with Crippen LogP contribution in [0.25, 0.3) is 6.08 Å². The van der Waals surface area contributed by atoms with Crippen LogP contribution in [0.5, 0.6) is 0 Å². The highest BCUT2D eigenvalue weighted by atomic mass is 15.2. The summed E-state index contributed by atoms with van der Waals surface area (Å²) >= 11 is 0. The third kappa shape index (κ3) is 4.61. The van der Waals surface area contributed by atoms with E-state index in [1.165, 1.54) is 36.9 Å². The summed E-state index contributed by atoms with van der Waals surface area (Å²) in [6.07, 6.45) is 11.0. The van der Waals surface area contributed by atoms with Gasteiger partial charge in [0.2, 0.25) is 0 Å². The topological polar surface area (TPSA) is 3.24 Å². The quantitative estimate of drug-likeness (QED) is 0.534. The maximum Gasteiger partial charge on any atom is 0.0489 e. The van der Waals surface area contributed by atoms with Crippen LogP contribution >= 0.6 is 0 Å². The molecule has 1 heteroatoms. The molecule has 1 saturated carbocycles. The maximum atomic E-state index is 2.61. The minimum Gasteiger partial charge on any atom is -0.296 e. The second kappa shape index (κ2) is 8.49. The Morgan fingerprint density at radius 2 is 1.64 bits per heavy atom. The first-order chi connectivity index (χ1) is 12.2. The zero-order valence-corrected chi connectivity index (χ0v) is 15.7. The molecule has 25 heavy (non-hydrogen) atoms. The van der Waals surface area contributed by atoms with Crippen molar-refractivity contribution in [2.45, 2.75) is 44.6 Å². The van der Waals surface area contributed by atoms with Crippen LogP contribution in [0.15, 0.2) is 66.7 Å². The minimum absolute atomic E-state index is 0.0848. The fourth-order valence-electron chi connectivity index (χ4n) is 3.81. The second-order valence-electron chi connectivity index (χ2n) is 7.42. The molecule has 0 heterocycles. The van der Waals surface area contributed by atoms with E-state index < -0.39 is 0 Å². The molecule has 0 radical (unpaired) electrons. The van der Waals surface area contributed by atoms with Gasteiger partial charge in [-0.1, -0.05) is 92.6 Å². The van der Waals surface area contributed by atoms with Crippen molar-refractivity contribution in [1.82, 2.24) is 4.90 Å². The molecule has 3 rings (SSSR count). The summed E-state index contributed by atoms with van der Waals surface area (Å²) in [6, 6.07) is 21.7. The molecule has 0 N–H and O–H groups in total. The smallest absolute Gasteiger partial charge is 0.0489 e. The summed E-state index contributed by atoms with van der Waals surface area (Å²) in [5.41, 5.74) is 2.80.